The molecule has 24 heavy (non-hydrogen) atoms. The summed E-state index contributed by atoms with van der Waals surface area (Å²) >= 11 is 0. The molecule has 1 aliphatic heterocycles. The normalized spacial score (nSPS) is 17.4. The number of aliphatic carboxylic acids is 1. The Morgan fingerprint density at radius 1 is 1.29 bits per heavy atom. The lowest BCUT2D eigenvalue weighted by molar-refractivity contribution is -0.143. The minimum atomic E-state index is -0.803. The van der Waals surface area contributed by atoms with Crippen molar-refractivity contribution in [3.8, 4) is 0 Å². The van der Waals surface area contributed by atoms with Crippen LogP contribution in [0.25, 0.3) is 0 Å². The molecule has 0 bridgehead atoms. The van der Waals surface area contributed by atoms with Crippen LogP contribution in [-0.2, 0) is 4.79 Å². The van der Waals surface area contributed by atoms with Gasteiger partial charge in [-0.2, -0.15) is 0 Å². The van der Waals surface area contributed by atoms with Gasteiger partial charge in [-0.05, 0) is 36.0 Å². The van der Waals surface area contributed by atoms with Gasteiger partial charge in [0.15, 0.2) is 0 Å². The summed E-state index contributed by atoms with van der Waals surface area (Å²) < 4.78 is 13.5. The lowest BCUT2D eigenvalue weighted by atomic mass is 9.82. The van der Waals surface area contributed by atoms with Crippen molar-refractivity contribution in [1.82, 2.24) is 10.2 Å². The van der Waals surface area contributed by atoms with Crippen LogP contribution in [0.4, 0.5) is 9.18 Å². The van der Waals surface area contributed by atoms with Gasteiger partial charge in [0.05, 0.1) is 12.0 Å². The van der Waals surface area contributed by atoms with E-state index in [9.17, 15) is 14.0 Å². The number of hydrogen-bond acceptors (Lipinski definition) is 2. The second-order valence-corrected chi connectivity index (χ2v) is 7.40. The largest absolute Gasteiger partial charge is 0.481 e. The van der Waals surface area contributed by atoms with E-state index in [2.05, 4.69) is 5.32 Å². The summed E-state index contributed by atoms with van der Waals surface area (Å²) in [4.78, 5) is 25.2. The highest BCUT2D eigenvalue weighted by Gasteiger charge is 2.32. The molecule has 1 aromatic rings. The van der Waals surface area contributed by atoms with Crippen LogP contribution in [0.2, 0.25) is 0 Å². The molecule has 1 atom stereocenters. The first kappa shape index (κ1) is 18.2. The van der Waals surface area contributed by atoms with Gasteiger partial charge in [-0.15, -0.1) is 0 Å². The van der Waals surface area contributed by atoms with Gasteiger partial charge in [-0.25, -0.2) is 9.18 Å². The van der Waals surface area contributed by atoms with Crippen molar-refractivity contribution in [2.45, 2.75) is 39.7 Å². The fourth-order valence-corrected chi connectivity index (χ4v) is 3.03. The molecule has 1 saturated heterocycles. The first-order valence-corrected chi connectivity index (χ1v) is 8.22. The molecule has 0 aromatic heterocycles. The van der Waals surface area contributed by atoms with Crippen LogP contribution >= 0.6 is 0 Å². The molecule has 132 valence electrons. The summed E-state index contributed by atoms with van der Waals surface area (Å²) in [6.45, 7) is 6.80. The summed E-state index contributed by atoms with van der Waals surface area (Å²) in [5, 5.41) is 12.0. The van der Waals surface area contributed by atoms with Gasteiger partial charge < -0.3 is 15.3 Å². The average Bonchev–Trinajstić information content (AvgIpc) is 2.51. The van der Waals surface area contributed by atoms with Crippen LogP contribution in [0.1, 0.15) is 45.2 Å². The molecule has 0 saturated carbocycles. The second kappa shape index (κ2) is 7.20. The number of carboxylic acids is 1. The molecule has 0 aliphatic carbocycles. The highest BCUT2D eigenvalue weighted by molar-refractivity contribution is 5.76. The van der Waals surface area contributed by atoms with E-state index < -0.39 is 5.97 Å². The molecule has 5 nitrogen and oxygen atoms in total. The van der Waals surface area contributed by atoms with Crippen molar-refractivity contribution in [1.29, 1.82) is 0 Å². The molecule has 2 N–H and O–H groups in total. The topological polar surface area (TPSA) is 69.6 Å². The number of urea groups is 1. The number of nitrogens with zero attached hydrogens (tertiary/aromatic N) is 1. The van der Waals surface area contributed by atoms with Gasteiger partial charge in [-0.3, -0.25) is 4.79 Å². The van der Waals surface area contributed by atoms with Crippen LogP contribution in [0.5, 0.6) is 0 Å². The summed E-state index contributed by atoms with van der Waals surface area (Å²) in [6, 6.07) is 5.68. The Bertz CT molecular complexity index is 605. The number of nitrogens with one attached hydrogen (secondary N) is 1. The number of rotatable bonds is 3. The van der Waals surface area contributed by atoms with Crippen LogP contribution < -0.4 is 5.32 Å². The number of benzene rings is 1. The minimum Gasteiger partial charge on any atom is -0.481 e. The Hall–Kier alpha value is -2.11. The maximum Gasteiger partial charge on any atom is 0.317 e. The quantitative estimate of drug-likeness (QED) is 0.888. The van der Waals surface area contributed by atoms with E-state index in [1.807, 2.05) is 20.8 Å². The van der Waals surface area contributed by atoms with Crippen LogP contribution in [0, 0.1) is 17.2 Å². The summed E-state index contributed by atoms with van der Waals surface area (Å²) in [7, 11) is 0. The third kappa shape index (κ3) is 4.46. The standard InChI is InChI=1S/C18H25FN2O3/c1-18(2,3)15(13-5-4-6-14(19)11-13)20-17(24)21-9-7-12(8-10-21)16(22)23/h4-6,11-12,15H,7-10H2,1-3H3,(H,20,24)(H,22,23). The van der Waals surface area contributed by atoms with Crippen molar-refractivity contribution >= 4 is 12.0 Å². The number of carboxylic acid groups (broad SMARTS) is 1. The number of piperidine rings is 1. The first-order chi connectivity index (χ1) is 11.2. The molecule has 1 unspecified atom stereocenters. The molecule has 0 radical (unpaired) electrons. The maximum atomic E-state index is 13.5. The molecule has 0 spiro atoms. The SMILES string of the molecule is CC(C)(C)C(NC(=O)N1CCC(C(=O)O)CC1)c1cccc(F)c1. The second-order valence-electron chi connectivity index (χ2n) is 7.40. The van der Waals surface area contributed by atoms with Gasteiger partial charge in [0.25, 0.3) is 0 Å². The van der Waals surface area contributed by atoms with E-state index in [1.165, 1.54) is 12.1 Å². The predicted octanol–water partition coefficient (Wildman–Crippen LogP) is 3.42. The van der Waals surface area contributed by atoms with Gasteiger partial charge in [0.1, 0.15) is 5.82 Å². The highest BCUT2D eigenvalue weighted by Crippen LogP contribution is 2.33. The van der Waals surface area contributed by atoms with Crippen LogP contribution in [0.3, 0.4) is 0 Å². The Labute approximate surface area is 141 Å². The first-order valence-electron chi connectivity index (χ1n) is 8.22. The smallest absolute Gasteiger partial charge is 0.317 e. The molecular formula is C18H25FN2O3. The Morgan fingerprint density at radius 3 is 2.42 bits per heavy atom. The van der Waals surface area contributed by atoms with Crippen molar-refractivity contribution in [2.75, 3.05) is 13.1 Å². The molecule has 6 heteroatoms. The van der Waals surface area contributed by atoms with Crippen molar-refractivity contribution in [3.05, 3.63) is 35.6 Å². The number of carbonyl (C=O) groups is 2. The molecular weight excluding hydrogens is 311 g/mol. The zero-order valence-electron chi connectivity index (χ0n) is 14.4. The lowest BCUT2D eigenvalue weighted by Gasteiger charge is -2.36. The number of amides is 2. The lowest BCUT2D eigenvalue weighted by Crippen LogP contribution is -2.48. The third-order valence-electron chi connectivity index (χ3n) is 4.45. The van der Waals surface area contributed by atoms with E-state index >= 15 is 0 Å². The van der Waals surface area contributed by atoms with Crippen LogP contribution in [-0.4, -0.2) is 35.1 Å². The van der Waals surface area contributed by atoms with Gasteiger partial charge in [0, 0.05) is 13.1 Å². The van der Waals surface area contributed by atoms with E-state index in [0.29, 0.717) is 25.9 Å². The Kier molecular flexibility index (Phi) is 5.47. The molecule has 1 fully saturated rings. The van der Waals surface area contributed by atoms with E-state index in [1.54, 1.807) is 17.0 Å². The molecule has 1 aromatic carbocycles. The fourth-order valence-electron chi connectivity index (χ4n) is 3.03. The number of halogens is 1. The minimum absolute atomic E-state index is 0.233. The average molecular weight is 336 g/mol. The summed E-state index contributed by atoms with van der Waals surface area (Å²) in [5.41, 5.74) is 0.430. The van der Waals surface area contributed by atoms with E-state index in [0.717, 1.165) is 5.56 Å². The Morgan fingerprint density at radius 2 is 1.92 bits per heavy atom. The fraction of sp³-hybridized carbons (Fsp3) is 0.556. The maximum absolute atomic E-state index is 13.5. The number of hydrogen-bond donors (Lipinski definition) is 2. The molecule has 1 heterocycles. The van der Waals surface area contributed by atoms with Crippen molar-refractivity contribution in [2.24, 2.45) is 11.3 Å². The highest BCUT2D eigenvalue weighted by atomic mass is 19.1. The number of carbonyl (C=O) groups excluding carboxylic acids is 1. The zero-order chi connectivity index (χ0) is 17.9. The Balaban J connectivity index is 2.08. The summed E-state index contributed by atoms with van der Waals surface area (Å²) in [6.07, 6.45) is 0.922. The molecule has 2 rings (SSSR count). The number of likely N-dealkylation sites (tertiary alicyclic amines) is 1. The zero-order valence-corrected chi connectivity index (χ0v) is 14.4. The van der Waals surface area contributed by atoms with Gasteiger partial charge >= 0.3 is 12.0 Å². The summed E-state index contributed by atoms with van der Waals surface area (Å²) in [5.74, 6) is -1.52. The monoisotopic (exact) mass is 336 g/mol. The molecule has 2 amide bonds. The van der Waals surface area contributed by atoms with Crippen LogP contribution in [0.15, 0.2) is 24.3 Å². The van der Waals surface area contributed by atoms with Gasteiger partial charge in [-0.1, -0.05) is 32.9 Å². The van der Waals surface area contributed by atoms with Crippen molar-refractivity contribution < 1.29 is 19.1 Å². The van der Waals surface area contributed by atoms with E-state index in [-0.39, 0.29) is 29.2 Å². The third-order valence-corrected chi connectivity index (χ3v) is 4.45. The van der Waals surface area contributed by atoms with Gasteiger partial charge in [0.2, 0.25) is 0 Å². The predicted molar refractivity (Wildman–Crippen MR) is 89.1 cm³/mol. The van der Waals surface area contributed by atoms with E-state index in [4.69, 9.17) is 5.11 Å². The van der Waals surface area contributed by atoms with Crippen molar-refractivity contribution in [3.63, 3.8) is 0 Å². The molecule has 1 aliphatic rings.